The number of benzene rings is 3. The number of nitrogens with one attached hydrogen (secondary N) is 4. The molecule has 0 aromatic heterocycles. The maximum Gasteiger partial charge on any atom is 0.326 e. The number of guanidine groups is 1. The van der Waals surface area contributed by atoms with Gasteiger partial charge < -0.3 is 15.4 Å². The Labute approximate surface area is 238 Å². The van der Waals surface area contributed by atoms with Crippen molar-refractivity contribution < 1.29 is 27.5 Å². The van der Waals surface area contributed by atoms with E-state index < -0.39 is 27.9 Å². The Kier molecular flexibility index (Phi) is 10.0. The normalized spacial score (nSPS) is 13.9. The zero-order valence-electron chi connectivity index (χ0n) is 22.7. The van der Waals surface area contributed by atoms with Crippen LogP contribution in [0.4, 0.5) is 0 Å². The first kappa shape index (κ1) is 29.7. The first-order chi connectivity index (χ1) is 19.8. The molecule has 0 radical (unpaired) electrons. The Morgan fingerprint density at radius 1 is 1.02 bits per heavy atom. The van der Waals surface area contributed by atoms with Gasteiger partial charge in [0, 0.05) is 37.0 Å². The first-order valence-electron chi connectivity index (χ1n) is 13.4. The SMILES string of the molecule is CCOC(=O)C(CNC(=O)c1ccc(CCC(=O)NC2=NCCCN2)cc1)NS(=O)(=O)c1cccc2ccccc12. The summed E-state index contributed by atoms with van der Waals surface area (Å²) in [6, 6.07) is 17.2. The predicted octanol–water partition coefficient (Wildman–Crippen LogP) is 1.88. The molecular weight excluding hydrogens is 546 g/mol. The van der Waals surface area contributed by atoms with Gasteiger partial charge in [-0.3, -0.25) is 24.7 Å². The Bertz CT molecular complexity index is 1530. The van der Waals surface area contributed by atoms with Crippen LogP contribution in [0, 0.1) is 0 Å². The number of carbonyl (C=O) groups excluding carboxylic acids is 3. The molecule has 12 heteroatoms. The summed E-state index contributed by atoms with van der Waals surface area (Å²) in [6.07, 6.45) is 1.66. The van der Waals surface area contributed by atoms with Crippen LogP contribution in [-0.2, 0) is 30.8 Å². The lowest BCUT2D eigenvalue weighted by molar-refractivity contribution is -0.144. The number of aliphatic imine (C=N–C) groups is 1. The molecule has 41 heavy (non-hydrogen) atoms. The zero-order valence-corrected chi connectivity index (χ0v) is 23.5. The lowest BCUT2D eigenvalue weighted by Crippen LogP contribution is -2.49. The lowest BCUT2D eigenvalue weighted by Gasteiger charge is -2.19. The van der Waals surface area contributed by atoms with Crippen molar-refractivity contribution in [1.82, 2.24) is 20.7 Å². The molecular formula is C29H33N5O6S. The zero-order chi connectivity index (χ0) is 29.2. The summed E-state index contributed by atoms with van der Waals surface area (Å²) >= 11 is 0. The summed E-state index contributed by atoms with van der Waals surface area (Å²) < 4.78 is 34.0. The van der Waals surface area contributed by atoms with Gasteiger partial charge >= 0.3 is 5.97 Å². The third-order valence-electron chi connectivity index (χ3n) is 6.39. The number of sulfonamides is 1. The fourth-order valence-electron chi connectivity index (χ4n) is 4.29. The highest BCUT2D eigenvalue weighted by Crippen LogP contribution is 2.23. The minimum atomic E-state index is -4.14. The minimum absolute atomic E-state index is 0.0171. The van der Waals surface area contributed by atoms with Crippen LogP contribution in [0.25, 0.3) is 10.8 Å². The summed E-state index contributed by atoms with van der Waals surface area (Å²) in [7, 11) is -4.14. The molecule has 3 aromatic carbocycles. The third-order valence-corrected chi connectivity index (χ3v) is 7.92. The van der Waals surface area contributed by atoms with Crippen molar-refractivity contribution in [2.45, 2.75) is 37.1 Å². The van der Waals surface area contributed by atoms with Crippen LogP contribution >= 0.6 is 0 Å². The fourth-order valence-corrected chi connectivity index (χ4v) is 5.70. The number of amides is 2. The predicted molar refractivity (Wildman–Crippen MR) is 155 cm³/mol. The number of nitrogens with zero attached hydrogens (tertiary/aromatic N) is 1. The van der Waals surface area contributed by atoms with E-state index in [0.717, 1.165) is 23.9 Å². The van der Waals surface area contributed by atoms with Crippen LogP contribution in [0.5, 0.6) is 0 Å². The van der Waals surface area contributed by atoms with Crippen LogP contribution in [0.15, 0.2) is 76.6 Å². The number of fused-ring (bicyclic) bond motifs is 1. The number of carbonyl (C=O) groups is 3. The minimum Gasteiger partial charge on any atom is -0.465 e. The van der Waals surface area contributed by atoms with Crippen molar-refractivity contribution in [1.29, 1.82) is 0 Å². The average Bonchev–Trinajstić information content (AvgIpc) is 2.98. The smallest absolute Gasteiger partial charge is 0.326 e. The van der Waals surface area contributed by atoms with Gasteiger partial charge in [-0.05, 0) is 48.9 Å². The quantitative estimate of drug-likeness (QED) is 0.253. The van der Waals surface area contributed by atoms with Crippen LogP contribution in [0.1, 0.15) is 35.7 Å². The number of rotatable bonds is 11. The summed E-state index contributed by atoms with van der Waals surface area (Å²) in [5.41, 5.74) is 1.18. The molecule has 1 aliphatic rings. The molecule has 11 nitrogen and oxygen atoms in total. The molecule has 1 atom stereocenters. The van der Waals surface area contributed by atoms with E-state index in [9.17, 15) is 22.8 Å². The van der Waals surface area contributed by atoms with Crippen molar-refractivity contribution in [2.75, 3.05) is 26.2 Å². The van der Waals surface area contributed by atoms with E-state index in [4.69, 9.17) is 4.74 Å². The Hall–Kier alpha value is -4.29. The first-order valence-corrected chi connectivity index (χ1v) is 14.9. The summed E-state index contributed by atoms with van der Waals surface area (Å²) in [4.78, 5) is 41.8. The van der Waals surface area contributed by atoms with Gasteiger partial charge in [0.1, 0.15) is 6.04 Å². The van der Waals surface area contributed by atoms with E-state index in [1.165, 1.54) is 6.07 Å². The van der Waals surface area contributed by atoms with E-state index in [1.54, 1.807) is 67.6 Å². The van der Waals surface area contributed by atoms with E-state index in [1.807, 2.05) is 0 Å². The second-order valence-electron chi connectivity index (χ2n) is 9.37. The van der Waals surface area contributed by atoms with E-state index in [0.29, 0.717) is 29.9 Å². The molecule has 0 bridgehead atoms. The highest BCUT2D eigenvalue weighted by Gasteiger charge is 2.28. The summed E-state index contributed by atoms with van der Waals surface area (Å²) in [5.74, 6) is -0.960. The van der Waals surface area contributed by atoms with Crippen molar-refractivity contribution in [3.05, 3.63) is 77.9 Å². The van der Waals surface area contributed by atoms with Crippen LogP contribution < -0.4 is 20.7 Å². The van der Waals surface area contributed by atoms with Crippen molar-refractivity contribution in [2.24, 2.45) is 4.99 Å². The summed E-state index contributed by atoms with van der Waals surface area (Å²) in [5, 5.41) is 9.64. The molecule has 216 valence electrons. The number of hydrogen-bond donors (Lipinski definition) is 4. The average molecular weight is 580 g/mol. The Balaban J connectivity index is 1.36. The molecule has 1 unspecified atom stereocenters. The largest absolute Gasteiger partial charge is 0.465 e. The van der Waals surface area contributed by atoms with Crippen LogP contribution in [0.2, 0.25) is 0 Å². The van der Waals surface area contributed by atoms with Crippen LogP contribution in [0.3, 0.4) is 0 Å². The molecule has 0 aliphatic carbocycles. The molecule has 2 amide bonds. The van der Waals surface area contributed by atoms with Gasteiger partial charge in [0.2, 0.25) is 15.9 Å². The van der Waals surface area contributed by atoms with Gasteiger partial charge in [0.05, 0.1) is 11.5 Å². The lowest BCUT2D eigenvalue weighted by atomic mass is 10.1. The van der Waals surface area contributed by atoms with Gasteiger partial charge in [-0.2, -0.15) is 4.72 Å². The number of aryl methyl sites for hydroxylation is 1. The molecule has 4 rings (SSSR count). The van der Waals surface area contributed by atoms with Gasteiger partial charge in [0.15, 0.2) is 5.96 Å². The molecule has 0 spiro atoms. The van der Waals surface area contributed by atoms with Gasteiger partial charge in [-0.1, -0.05) is 48.5 Å². The third kappa shape index (κ3) is 8.12. The molecule has 0 saturated carbocycles. The monoisotopic (exact) mass is 579 g/mol. The molecule has 3 aromatic rings. The fraction of sp³-hybridized carbons (Fsp3) is 0.310. The maximum absolute atomic E-state index is 13.3. The van der Waals surface area contributed by atoms with E-state index >= 15 is 0 Å². The Morgan fingerprint density at radius 3 is 2.51 bits per heavy atom. The molecule has 0 fully saturated rings. The molecule has 1 aliphatic heterocycles. The number of ether oxygens (including phenoxy) is 1. The topological polar surface area (TPSA) is 155 Å². The molecule has 0 saturated heterocycles. The molecule has 4 N–H and O–H groups in total. The Morgan fingerprint density at radius 2 is 1.78 bits per heavy atom. The van der Waals surface area contributed by atoms with Gasteiger partial charge in [0.25, 0.3) is 5.91 Å². The summed E-state index contributed by atoms with van der Waals surface area (Å²) in [6.45, 7) is 2.80. The second kappa shape index (κ2) is 13.9. The number of hydrogen-bond acceptors (Lipinski definition) is 8. The van der Waals surface area contributed by atoms with E-state index in [2.05, 4.69) is 25.7 Å². The van der Waals surface area contributed by atoms with Crippen molar-refractivity contribution >= 4 is 44.5 Å². The highest BCUT2D eigenvalue weighted by atomic mass is 32.2. The van der Waals surface area contributed by atoms with Crippen molar-refractivity contribution in [3.63, 3.8) is 0 Å². The maximum atomic E-state index is 13.3. The van der Waals surface area contributed by atoms with Crippen molar-refractivity contribution in [3.8, 4) is 0 Å². The second-order valence-corrected chi connectivity index (χ2v) is 11.1. The van der Waals surface area contributed by atoms with Gasteiger partial charge in [-0.15, -0.1) is 0 Å². The van der Waals surface area contributed by atoms with E-state index in [-0.39, 0.29) is 30.4 Å². The highest BCUT2D eigenvalue weighted by molar-refractivity contribution is 7.89. The standard InChI is InChI=1S/C29H33N5O6S/c1-2-40-28(37)24(34-41(38,39)25-10-5-8-21-7-3-4-9-23(21)25)19-32-27(36)22-14-11-20(12-15-22)13-16-26(35)33-29-30-17-6-18-31-29/h3-5,7-12,14-15,24,34H,2,6,13,16-19H2,1H3,(H,32,36)(H2,30,31,33,35). The number of esters is 1. The van der Waals surface area contributed by atoms with Crippen LogP contribution in [-0.4, -0.2) is 64.4 Å². The van der Waals surface area contributed by atoms with Gasteiger partial charge in [-0.25, -0.2) is 8.42 Å². The molecule has 1 heterocycles.